The smallest absolute Gasteiger partial charge is 0.243 e. The Hall–Kier alpha value is -2.40. The number of carbonyl (C=O) groups is 1. The number of nitrogens with zero attached hydrogens (tertiary/aromatic N) is 4. The van der Waals surface area contributed by atoms with Crippen LogP contribution in [0.5, 0.6) is 0 Å². The molecule has 1 aliphatic rings. The second-order valence-corrected chi connectivity index (χ2v) is 10.7. The highest BCUT2D eigenvalue weighted by Gasteiger charge is 2.27. The normalized spacial score (nSPS) is 14.6. The minimum Gasteiger partial charge on any atom is -0.325 e. The number of aromatic nitrogens is 3. The van der Waals surface area contributed by atoms with Crippen LogP contribution in [0.3, 0.4) is 0 Å². The molecule has 1 N–H and O–H groups in total. The van der Waals surface area contributed by atoms with E-state index in [1.165, 1.54) is 22.1 Å². The molecule has 0 bridgehead atoms. The number of hydrogen-bond acceptors (Lipinski definition) is 6. The average Bonchev–Trinajstić information content (AvgIpc) is 3.44. The number of amides is 1. The van der Waals surface area contributed by atoms with E-state index in [1.54, 1.807) is 30.3 Å². The van der Waals surface area contributed by atoms with E-state index in [4.69, 9.17) is 11.6 Å². The molecule has 8 nitrogen and oxygen atoms in total. The quantitative estimate of drug-likeness (QED) is 0.507. The maximum absolute atomic E-state index is 12.7. The zero-order valence-electron chi connectivity index (χ0n) is 17.4. The van der Waals surface area contributed by atoms with Gasteiger partial charge in [-0.2, -0.15) is 4.31 Å². The van der Waals surface area contributed by atoms with E-state index in [9.17, 15) is 13.2 Å². The van der Waals surface area contributed by atoms with Gasteiger partial charge in [0.1, 0.15) is 0 Å². The highest BCUT2D eigenvalue weighted by molar-refractivity contribution is 7.99. The van der Waals surface area contributed by atoms with Crippen LogP contribution in [0.2, 0.25) is 5.02 Å². The Balaban J connectivity index is 1.39. The highest BCUT2D eigenvalue weighted by atomic mass is 35.5. The molecule has 2 heterocycles. The van der Waals surface area contributed by atoms with Crippen molar-refractivity contribution in [2.75, 3.05) is 24.2 Å². The van der Waals surface area contributed by atoms with Crippen LogP contribution in [0.25, 0.3) is 11.4 Å². The molecule has 2 aromatic carbocycles. The SMILES string of the molecule is Cn1c(SCC(=O)Nc2cccc(S(=O)(=O)N3CCCC3)c2)nnc1-c1ccc(Cl)cc1. The van der Waals surface area contributed by atoms with Crippen molar-refractivity contribution in [3.8, 4) is 11.4 Å². The lowest BCUT2D eigenvalue weighted by Gasteiger charge is -2.16. The lowest BCUT2D eigenvalue weighted by molar-refractivity contribution is -0.113. The highest BCUT2D eigenvalue weighted by Crippen LogP contribution is 2.25. The molecule has 1 amide bonds. The first-order valence-corrected chi connectivity index (χ1v) is 12.8. The van der Waals surface area contributed by atoms with Gasteiger partial charge in [0.05, 0.1) is 10.6 Å². The molecule has 0 unspecified atom stereocenters. The third-order valence-corrected chi connectivity index (χ3v) is 8.26. The Morgan fingerprint density at radius 3 is 2.56 bits per heavy atom. The van der Waals surface area contributed by atoms with E-state index in [0.29, 0.717) is 34.8 Å². The number of anilines is 1. The second kappa shape index (κ2) is 9.62. The number of halogens is 1. The fourth-order valence-electron chi connectivity index (χ4n) is 3.43. The Morgan fingerprint density at radius 1 is 1.12 bits per heavy atom. The Labute approximate surface area is 196 Å². The first-order chi connectivity index (χ1) is 15.3. The first kappa shape index (κ1) is 22.8. The molecule has 1 aromatic heterocycles. The van der Waals surface area contributed by atoms with E-state index in [2.05, 4.69) is 15.5 Å². The number of thioether (sulfide) groups is 1. The lowest BCUT2D eigenvalue weighted by atomic mass is 10.2. The standard InChI is InChI=1S/C21H22ClN5O3S2/c1-26-20(15-7-9-16(22)10-8-15)24-25-21(26)31-14-19(28)23-17-5-4-6-18(13-17)32(29,30)27-11-2-3-12-27/h4-10,13H,2-3,11-12,14H2,1H3,(H,23,28). The van der Waals surface area contributed by atoms with Crippen molar-refractivity contribution < 1.29 is 13.2 Å². The molecule has 0 saturated carbocycles. The minimum absolute atomic E-state index is 0.107. The van der Waals surface area contributed by atoms with Gasteiger partial charge in [-0.3, -0.25) is 4.79 Å². The lowest BCUT2D eigenvalue weighted by Crippen LogP contribution is -2.28. The largest absolute Gasteiger partial charge is 0.325 e. The Kier molecular flexibility index (Phi) is 6.85. The Morgan fingerprint density at radius 2 is 1.84 bits per heavy atom. The molecule has 1 fully saturated rings. The van der Waals surface area contributed by atoms with Gasteiger partial charge in [0, 0.05) is 36.4 Å². The molecule has 1 saturated heterocycles. The van der Waals surface area contributed by atoms with Crippen LogP contribution in [-0.4, -0.2) is 52.2 Å². The third-order valence-electron chi connectivity index (χ3n) is 5.09. The molecule has 3 aromatic rings. The maximum atomic E-state index is 12.7. The second-order valence-electron chi connectivity index (χ2n) is 7.35. The van der Waals surface area contributed by atoms with Gasteiger partial charge < -0.3 is 9.88 Å². The fraction of sp³-hybridized carbons (Fsp3) is 0.286. The molecular formula is C21H22ClN5O3S2. The van der Waals surface area contributed by atoms with Crippen molar-refractivity contribution in [3.63, 3.8) is 0 Å². The first-order valence-electron chi connectivity index (χ1n) is 10.0. The van der Waals surface area contributed by atoms with Crippen molar-refractivity contribution >= 4 is 45.0 Å². The molecule has 4 rings (SSSR count). The van der Waals surface area contributed by atoms with Gasteiger partial charge in [0.25, 0.3) is 0 Å². The summed E-state index contributed by atoms with van der Waals surface area (Å²) in [5, 5.41) is 12.4. The summed E-state index contributed by atoms with van der Waals surface area (Å²) < 4.78 is 28.8. The molecule has 0 atom stereocenters. The van der Waals surface area contributed by atoms with Crippen LogP contribution in [0.1, 0.15) is 12.8 Å². The van der Waals surface area contributed by atoms with E-state index in [1.807, 2.05) is 23.7 Å². The molecule has 0 aliphatic carbocycles. The van der Waals surface area contributed by atoms with Crippen LogP contribution in [0.15, 0.2) is 58.6 Å². The van der Waals surface area contributed by atoms with Crippen LogP contribution in [0, 0.1) is 0 Å². The molecule has 32 heavy (non-hydrogen) atoms. The zero-order valence-corrected chi connectivity index (χ0v) is 19.8. The monoisotopic (exact) mass is 491 g/mol. The number of nitrogens with one attached hydrogen (secondary N) is 1. The predicted molar refractivity (Wildman–Crippen MR) is 125 cm³/mol. The molecule has 11 heteroatoms. The van der Waals surface area contributed by atoms with Gasteiger partial charge in [-0.15, -0.1) is 10.2 Å². The molecule has 168 valence electrons. The van der Waals surface area contributed by atoms with E-state index < -0.39 is 10.0 Å². The summed E-state index contributed by atoms with van der Waals surface area (Å²) >= 11 is 7.18. The van der Waals surface area contributed by atoms with Gasteiger partial charge in [-0.25, -0.2) is 8.42 Å². The van der Waals surface area contributed by atoms with Crippen LogP contribution < -0.4 is 5.32 Å². The van der Waals surface area contributed by atoms with Crippen molar-refractivity contribution in [2.45, 2.75) is 22.9 Å². The number of rotatable bonds is 7. The summed E-state index contributed by atoms with van der Waals surface area (Å²) in [7, 11) is -1.71. The molecule has 0 radical (unpaired) electrons. The van der Waals surface area contributed by atoms with Gasteiger partial charge in [-0.1, -0.05) is 29.4 Å². The van der Waals surface area contributed by atoms with Crippen LogP contribution in [0.4, 0.5) is 5.69 Å². The van der Waals surface area contributed by atoms with Crippen molar-refractivity contribution in [3.05, 3.63) is 53.6 Å². The van der Waals surface area contributed by atoms with Crippen molar-refractivity contribution in [1.29, 1.82) is 0 Å². The van der Waals surface area contributed by atoms with E-state index in [-0.39, 0.29) is 16.6 Å². The predicted octanol–water partition coefficient (Wildman–Crippen LogP) is 3.65. The topological polar surface area (TPSA) is 97.2 Å². The summed E-state index contributed by atoms with van der Waals surface area (Å²) in [6.45, 7) is 1.07. The van der Waals surface area contributed by atoms with E-state index in [0.717, 1.165) is 18.4 Å². The van der Waals surface area contributed by atoms with Gasteiger partial charge >= 0.3 is 0 Å². The van der Waals surface area contributed by atoms with Crippen molar-refractivity contribution in [2.24, 2.45) is 7.05 Å². The summed E-state index contributed by atoms with van der Waals surface area (Å²) in [5.41, 5.74) is 1.31. The molecule has 1 aliphatic heterocycles. The summed E-state index contributed by atoms with van der Waals surface area (Å²) in [5.74, 6) is 0.515. The Bertz CT molecular complexity index is 1220. The maximum Gasteiger partial charge on any atom is 0.243 e. The number of benzene rings is 2. The van der Waals surface area contributed by atoms with Crippen molar-refractivity contribution in [1.82, 2.24) is 19.1 Å². The van der Waals surface area contributed by atoms with E-state index >= 15 is 0 Å². The number of hydrogen-bond donors (Lipinski definition) is 1. The summed E-state index contributed by atoms with van der Waals surface area (Å²) in [6.07, 6.45) is 1.74. The third kappa shape index (κ3) is 4.98. The van der Waals surface area contributed by atoms with Gasteiger partial charge in [-0.05, 0) is 55.3 Å². The fourth-order valence-corrected chi connectivity index (χ4v) is 5.83. The van der Waals surface area contributed by atoms with Crippen LogP contribution >= 0.6 is 23.4 Å². The summed E-state index contributed by atoms with van der Waals surface area (Å²) in [4.78, 5) is 12.7. The number of sulfonamides is 1. The summed E-state index contributed by atoms with van der Waals surface area (Å²) in [6, 6.07) is 13.6. The van der Waals surface area contributed by atoms with Gasteiger partial charge in [0.2, 0.25) is 15.9 Å². The minimum atomic E-state index is -3.54. The number of carbonyl (C=O) groups excluding carboxylic acids is 1. The zero-order chi connectivity index (χ0) is 22.7. The van der Waals surface area contributed by atoms with Gasteiger partial charge in [0.15, 0.2) is 11.0 Å². The molecule has 0 spiro atoms. The molecular weight excluding hydrogens is 470 g/mol. The average molecular weight is 492 g/mol. The van der Waals surface area contributed by atoms with Crippen LogP contribution in [-0.2, 0) is 21.9 Å².